The monoisotopic (exact) mass is 417 g/mol. The molecule has 2 aromatic rings. The van der Waals surface area contributed by atoms with E-state index in [1.807, 2.05) is 31.2 Å². The Morgan fingerprint density at radius 3 is 2.16 bits per heavy atom. The maximum absolute atomic E-state index is 13.5. The van der Waals surface area contributed by atoms with Gasteiger partial charge in [0.05, 0.1) is 12.1 Å². The molecule has 6 heteroatoms. The summed E-state index contributed by atoms with van der Waals surface area (Å²) in [6, 6.07) is 15.0. The van der Waals surface area contributed by atoms with Crippen LogP contribution in [0.15, 0.2) is 54.2 Å². The van der Waals surface area contributed by atoms with Crippen molar-refractivity contribution in [3.63, 3.8) is 0 Å². The summed E-state index contributed by atoms with van der Waals surface area (Å²) in [4.78, 5) is 41.6. The highest BCUT2D eigenvalue weighted by molar-refractivity contribution is 6.35. The Labute approximate surface area is 182 Å². The molecule has 2 aliphatic rings. The molecule has 1 N–H and O–H groups in total. The minimum atomic E-state index is -0.265. The number of hydrogen-bond donors (Lipinski definition) is 1. The normalized spacial score (nSPS) is 16.8. The van der Waals surface area contributed by atoms with Crippen molar-refractivity contribution in [2.24, 2.45) is 0 Å². The highest BCUT2D eigenvalue weighted by Gasteiger charge is 2.41. The molecule has 2 aliphatic heterocycles. The predicted octanol–water partition coefficient (Wildman–Crippen LogP) is 3.72. The fraction of sp³-hybridized carbons (Fsp3) is 0.320. The number of benzene rings is 2. The third-order valence-corrected chi connectivity index (χ3v) is 5.77. The van der Waals surface area contributed by atoms with Gasteiger partial charge in [-0.25, -0.2) is 0 Å². The number of rotatable bonds is 5. The van der Waals surface area contributed by atoms with Crippen molar-refractivity contribution in [1.82, 2.24) is 9.80 Å². The maximum atomic E-state index is 13.5. The Morgan fingerprint density at radius 2 is 1.55 bits per heavy atom. The van der Waals surface area contributed by atoms with Crippen LogP contribution in [0.1, 0.15) is 42.9 Å². The van der Waals surface area contributed by atoms with Crippen molar-refractivity contribution in [3.05, 3.63) is 70.9 Å². The number of hydrogen-bond acceptors (Lipinski definition) is 4. The molecule has 4 rings (SSSR count). The smallest absolute Gasteiger partial charge is 0.278 e. The molecule has 0 radical (unpaired) electrons. The van der Waals surface area contributed by atoms with E-state index < -0.39 is 0 Å². The van der Waals surface area contributed by atoms with Crippen molar-refractivity contribution in [2.45, 2.75) is 39.7 Å². The van der Waals surface area contributed by atoms with Gasteiger partial charge in [-0.3, -0.25) is 19.3 Å². The lowest BCUT2D eigenvalue weighted by Crippen LogP contribution is -2.36. The average Bonchev–Trinajstić information content (AvgIpc) is 3.01. The van der Waals surface area contributed by atoms with Crippen LogP contribution in [0.4, 0.5) is 5.69 Å². The molecule has 2 heterocycles. The fourth-order valence-electron chi connectivity index (χ4n) is 4.18. The zero-order chi connectivity index (χ0) is 22.0. The summed E-state index contributed by atoms with van der Waals surface area (Å²) in [6.07, 6.45) is 3.16. The van der Waals surface area contributed by atoms with Crippen molar-refractivity contribution in [1.29, 1.82) is 0 Å². The van der Waals surface area contributed by atoms with Gasteiger partial charge in [0.25, 0.3) is 11.8 Å². The highest BCUT2D eigenvalue weighted by atomic mass is 16.2. The maximum Gasteiger partial charge on any atom is 0.278 e. The molecular weight excluding hydrogens is 390 g/mol. The van der Waals surface area contributed by atoms with Crippen molar-refractivity contribution in [2.75, 3.05) is 18.4 Å². The Balaban J connectivity index is 1.69. The van der Waals surface area contributed by atoms with E-state index in [1.54, 1.807) is 24.3 Å². The van der Waals surface area contributed by atoms with Crippen LogP contribution in [-0.4, -0.2) is 40.6 Å². The minimum absolute atomic E-state index is 0.155. The second kappa shape index (κ2) is 8.76. The summed E-state index contributed by atoms with van der Waals surface area (Å²) in [5.74, 6) is -0.649. The average molecular weight is 418 g/mol. The number of carbonyl (C=O) groups is 3. The summed E-state index contributed by atoms with van der Waals surface area (Å²) >= 11 is 0. The first-order chi connectivity index (χ1) is 14.9. The zero-order valence-electron chi connectivity index (χ0n) is 18.0. The molecule has 0 aliphatic carbocycles. The number of carbonyl (C=O) groups excluding carboxylic acids is 3. The number of piperidine rings is 1. The van der Waals surface area contributed by atoms with Gasteiger partial charge in [0.2, 0.25) is 5.91 Å². The standard InChI is InChI=1S/C25H27N3O3/c1-17-6-8-19(9-7-17)16-28-24(30)22(20-10-12-21(13-11-20)26-18(2)29)23(25(28)31)27-14-4-3-5-15-27/h6-13H,3-5,14-16H2,1-2H3,(H,26,29). The molecule has 1 saturated heterocycles. The van der Waals surface area contributed by atoms with E-state index in [0.717, 1.165) is 43.5 Å². The van der Waals surface area contributed by atoms with E-state index in [4.69, 9.17) is 0 Å². The van der Waals surface area contributed by atoms with Crippen LogP contribution in [0.2, 0.25) is 0 Å². The first-order valence-corrected chi connectivity index (χ1v) is 10.7. The molecule has 160 valence electrons. The topological polar surface area (TPSA) is 69.7 Å². The lowest BCUT2D eigenvalue weighted by atomic mass is 10.0. The van der Waals surface area contributed by atoms with Gasteiger partial charge in [0.15, 0.2) is 0 Å². The van der Waals surface area contributed by atoms with E-state index in [1.165, 1.54) is 11.8 Å². The summed E-state index contributed by atoms with van der Waals surface area (Å²) in [5, 5.41) is 2.74. The van der Waals surface area contributed by atoms with Crippen LogP contribution >= 0.6 is 0 Å². The minimum Gasteiger partial charge on any atom is -0.366 e. The summed E-state index contributed by atoms with van der Waals surface area (Å²) in [6.45, 7) is 5.27. The Morgan fingerprint density at radius 1 is 0.903 bits per heavy atom. The van der Waals surface area contributed by atoms with Crippen LogP contribution in [-0.2, 0) is 20.9 Å². The first-order valence-electron chi connectivity index (χ1n) is 10.7. The van der Waals surface area contributed by atoms with Gasteiger partial charge < -0.3 is 10.2 Å². The highest BCUT2D eigenvalue weighted by Crippen LogP contribution is 2.34. The van der Waals surface area contributed by atoms with Crippen LogP contribution in [0.25, 0.3) is 5.57 Å². The Kier molecular flexibility index (Phi) is 5.89. The molecule has 1 fully saturated rings. The number of anilines is 1. The third-order valence-electron chi connectivity index (χ3n) is 5.77. The molecule has 0 spiro atoms. The molecule has 0 bridgehead atoms. The molecule has 2 aromatic carbocycles. The Bertz CT molecular complexity index is 1030. The molecular formula is C25H27N3O3. The van der Waals surface area contributed by atoms with E-state index >= 15 is 0 Å². The van der Waals surface area contributed by atoms with Gasteiger partial charge in [0, 0.05) is 25.7 Å². The summed E-state index contributed by atoms with van der Waals surface area (Å²) in [5.41, 5.74) is 4.36. The number of aryl methyl sites for hydroxylation is 1. The molecule has 0 aromatic heterocycles. The van der Waals surface area contributed by atoms with Gasteiger partial charge in [-0.1, -0.05) is 42.0 Å². The number of likely N-dealkylation sites (tertiary alicyclic amines) is 1. The van der Waals surface area contributed by atoms with E-state index in [-0.39, 0.29) is 24.3 Å². The van der Waals surface area contributed by atoms with Crippen molar-refractivity contribution >= 4 is 29.0 Å². The zero-order valence-corrected chi connectivity index (χ0v) is 18.0. The van der Waals surface area contributed by atoms with Crippen LogP contribution < -0.4 is 5.32 Å². The van der Waals surface area contributed by atoms with Crippen molar-refractivity contribution in [3.8, 4) is 0 Å². The predicted molar refractivity (Wildman–Crippen MR) is 120 cm³/mol. The summed E-state index contributed by atoms with van der Waals surface area (Å²) in [7, 11) is 0. The van der Waals surface area contributed by atoms with Gasteiger partial charge in [-0.2, -0.15) is 0 Å². The van der Waals surface area contributed by atoms with Crippen LogP contribution in [0, 0.1) is 6.92 Å². The number of imide groups is 1. The molecule has 3 amide bonds. The fourth-order valence-corrected chi connectivity index (χ4v) is 4.18. The second-order valence-electron chi connectivity index (χ2n) is 8.21. The van der Waals surface area contributed by atoms with Crippen molar-refractivity contribution < 1.29 is 14.4 Å². The van der Waals surface area contributed by atoms with E-state index in [0.29, 0.717) is 22.5 Å². The molecule has 0 saturated carbocycles. The lowest BCUT2D eigenvalue weighted by Gasteiger charge is -2.29. The Hall–Kier alpha value is -3.41. The number of nitrogens with zero attached hydrogens (tertiary/aromatic N) is 2. The SMILES string of the molecule is CC(=O)Nc1ccc(C2=C(N3CCCCC3)C(=O)N(Cc3ccc(C)cc3)C2=O)cc1. The molecule has 6 nitrogen and oxygen atoms in total. The van der Waals surface area contributed by atoms with E-state index in [2.05, 4.69) is 10.2 Å². The van der Waals surface area contributed by atoms with Crippen LogP contribution in [0.5, 0.6) is 0 Å². The molecule has 31 heavy (non-hydrogen) atoms. The van der Waals surface area contributed by atoms with E-state index in [9.17, 15) is 14.4 Å². The molecule has 0 unspecified atom stereocenters. The molecule has 0 atom stereocenters. The van der Waals surface area contributed by atoms with Gasteiger partial charge >= 0.3 is 0 Å². The lowest BCUT2D eigenvalue weighted by molar-refractivity contribution is -0.138. The second-order valence-corrected chi connectivity index (χ2v) is 8.21. The summed E-state index contributed by atoms with van der Waals surface area (Å²) < 4.78 is 0. The number of amides is 3. The van der Waals surface area contributed by atoms with Crippen LogP contribution in [0.3, 0.4) is 0 Å². The quantitative estimate of drug-likeness (QED) is 0.753. The van der Waals surface area contributed by atoms with Gasteiger partial charge in [0.1, 0.15) is 5.70 Å². The van der Waals surface area contributed by atoms with Gasteiger partial charge in [-0.05, 0) is 49.4 Å². The third kappa shape index (κ3) is 4.38. The number of nitrogens with one attached hydrogen (secondary N) is 1. The van der Waals surface area contributed by atoms with Gasteiger partial charge in [-0.15, -0.1) is 0 Å². The first kappa shape index (κ1) is 20.8. The largest absolute Gasteiger partial charge is 0.366 e.